The Hall–Kier alpha value is -0.500. The molecule has 0 N–H and O–H groups in total. The summed E-state index contributed by atoms with van der Waals surface area (Å²) in [5, 5.41) is 0. The number of ether oxygens (including phenoxy) is 1. The zero-order valence-corrected chi connectivity index (χ0v) is 11.5. The Kier molecular flexibility index (Phi) is 3.91. The van der Waals surface area contributed by atoms with E-state index in [0.717, 1.165) is 22.1 Å². The Morgan fingerprint density at radius 3 is 2.31 bits per heavy atom. The molecule has 1 aliphatic carbocycles. The molecule has 0 saturated heterocycles. The maximum Gasteiger partial charge on any atom is 0.133 e. The van der Waals surface area contributed by atoms with Crippen molar-refractivity contribution >= 4 is 15.9 Å². The lowest BCUT2D eigenvalue weighted by Gasteiger charge is -2.31. The molecule has 0 spiro atoms. The average molecular weight is 283 g/mol. The van der Waals surface area contributed by atoms with Crippen LogP contribution in [-0.2, 0) is 0 Å². The van der Waals surface area contributed by atoms with Crippen LogP contribution in [0.2, 0.25) is 0 Å². The molecule has 16 heavy (non-hydrogen) atoms. The lowest BCUT2D eigenvalue weighted by molar-refractivity contribution is 0.100. The third kappa shape index (κ3) is 3.00. The van der Waals surface area contributed by atoms with E-state index in [1.54, 1.807) is 0 Å². The van der Waals surface area contributed by atoms with Crippen LogP contribution < -0.4 is 4.74 Å². The zero-order valence-electron chi connectivity index (χ0n) is 9.95. The van der Waals surface area contributed by atoms with Gasteiger partial charge in [0.1, 0.15) is 5.75 Å². The molecule has 1 nitrogen and oxygen atoms in total. The highest BCUT2D eigenvalue weighted by Crippen LogP contribution is 2.33. The first-order chi connectivity index (χ1) is 7.65. The van der Waals surface area contributed by atoms with Gasteiger partial charge in [-0.25, -0.2) is 0 Å². The van der Waals surface area contributed by atoms with E-state index in [2.05, 4.69) is 29.8 Å². The van der Waals surface area contributed by atoms with Gasteiger partial charge in [-0.2, -0.15) is 0 Å². The fraction of sp³-hybridized carbons (Fsp3) is 0.571. The summed E-state index contributed by atoms with van der Waals surface area (Å²) in [6, 6.07) is 8.11. The van der Waals surface area contributed by atoms with Crippen molar-refractivity contribution < 1.29 is 4.74 Å². The average Bonchev–Trinajstić information content (AvgIpc) is 2.20. The fourth-order valence-corrected chi connectivity index (χ4v) is 3.07. The Morgan fingerprint density at radius 1 is 1.06 bits per heavy atom. The molecule has 1 saturated carbocycles. The van der Waals surface area contributed by atoms with Gasteiger partial charge in [-0.15, -0.1) is 0 Å². The van der Waals surface area contributed by atoms with E-state index in [1.807, 2.05) is 24.3 Å². The van der Waals surface area contributed by atoms with Gasteiger partial charge in [0.25, 0.3) is 0 Å². The smallest absolute Gasteiger partial charge is 0.133 e. The predicted octanol–water partition coefficient (Wildman–Crippen LogP) is 4.65. The molecule has 1 fully saturated rings. The second kappa shape index (κ2) is 5.22. The van der Waals surface area contributed by atoms with Crippen molar-refractivity contribution in [1.29, 1.82) is 0 Å². The number of hydrogen-bond acceptors (Lipinski definition) is 1. The maximum absolute atomic E-state index is 6.08. The van der Waals surface area contributed by atoms with Crippen LogP contribution in [0.5, 0.6) is 5.75 Å². The minimum Gasteiger partial charge on any atom is -0.489 e. The first-order valence-corrected chi connectivity index (χ1v) is 6.85. The summed E-state index contributed by atoms with van der Waals surface area (Å²) in [6.07, 6.45) is 4.10. The Balaban J connectivity index is 2.02. The van der Waals surface area contributed by atoms with Crippen molar-refractivity contribution in [3.8, 4) is 5.75 Å². The molecule has 0 amide bonds. The molecular weight excluding hydrogens is 264 g/mol. The minimum absolute atomic E-state index is 0.387. The highest BCUT2D eigenvalue weighted by molar-refractivity contribution is 9.10. The van der Waals surface area contributed by atoms with Crippen LogP contribution in [0, 0.1) is 11.8 Å². The Morgan fingerprint density at radius 2 is 1.69 bits per heavy atom. The van der Waals surface area contributed by atoms with Crippen LogP contribution >= 0.6 is 15.9 Å². The zero-order chi connectivity index (χ0) is 11.5. The topological polar surface area (TPSA) is 9.23 Å². The van der Waals surface area contributed by atoms with Crippen LogP contribution in [0.15, 0.2) is 28.7 Å². The first kappa shape index (κ1) is 12.0. The van der Waals surface area contributed by atoms with Gasteiger partial charge in [0.2, 0.25) is 0 Å². The largest absolute Gasteiger partial charge is 0.489 e. The summed E-state index contributed by atoms with van der Waals surface area (Å²) in [4.78, 5) is 0. The van der Waals surface area contributed by atoms with Crippen molar-refractivity contribution in [3.63, 3.8) is 0 Å². The van der Waals surface area contributed by atoms with E-state index in [4.69, 9.17) is 4.74 Å². The first-order valence-electron chi connectivity index (χ1n) is 6.06. The molecule has 2 atom stereocenters. The van der Waals surface area contributed by atoms with Crippen LogP contribution in [0.4, 0.5) is 0 Å². The molecule has 1 aromatic rings. The van der Waals surface area contributed by atoms with E-state index >= 15 is 0 Å². The quantitative estimate of drug-likeness (QED) is 0.767. The van der Waals surface area contributed by atoms with Gasteiger partial charge >= 0.3 is 0 Å². The van der Waals surface area contributed by atoms with Crippen LogP contribution in [0.25, 0.3) is 0 Å². The van der Waals surface area contributed by atoms with Crippen LogP contribution in [0.1, 0.15) is 33.1 Å². The molecule has 0 heterocycles. The van der Waals surface area contributed by atoms with Gasteiger partial charge < -0.3 is 4.74 Å². The summed E-state index contributed by atoms with van der Waals surface area (Å²) in [5.41, 5.74) is 0. The molecule has 88 valence electrons. The Bertz CT molecular complexity index is 340. The molecule has 0 radical (unpaired) electrons. The maximum atomic E-state index is 6.08. The molecule has 0 aliphatic heterocycles. The number of benzene rings is 1. The summed E-state index contributed by atoms with van der Waals surface area (Å²) in [5.74, 6) is 2.56. The third-order valence-corrected chi connectivity index (χ3v) is 3.92. The van der Waals surface area contributed by atoms with E-state index in [-0.39, 0.29) is 0 Å². The predicted molar refractivity (Wildman–Crippen MR) is 70.7 cm³/mol. The normalized spacial score (nSPS) is 30.1. The van der Waals surface area contributed by atoms with Crippen molar-refractivity contribution in [1.82, 2.24) is 0 Å². The third-order valence-electron chi connectivity index (χ3n) is 3.27. The van der Waals surface area contributed by atoms with Crippen molar-refractivity contribution in [2.45, 2.75) is 39.2 Å². The highest BCUT2D eigenvalue weighted by atomic mass is 79.9. The summed E-state index contributed by atoms with van der Waals surface area (Å²) >= 11 is 3.53. The fourth-order valence-electron chi connectivity index (χ4n) is 2.69. The summed E-state index contributed by atoms with van der Waals surface area (Å²) < 4.78 is 7.14. The second-order valence-electron chi connectivity index (χ2n) is 5.09. The second-order valence-corrected chi connectivity index (χ2v) is 5.94. The molecular formula is C14H19BrO. The van der Waals surface area contributed by atoms with Crippen molar-refractivity contribution in [2.24, 2.45) is 11.8 Å². The lowest BCUT2D eigenvalue weighted by Crippen LogP contribution is -2.28. The lowest BCUT2D eigenvalue weighted by atomic mass is 9.82. The summed E-state index contributed by atoms with van der Waals surface area (Å²) in [7, 11) is 0. The van der Waals surface area contributed by atoms with E-state index in [9.17, 15) is 0 Å². The van der Waals surface area contributed by atoms with Crippen LogP contribution in [0.3, 0.4) is 0 Å². The van der Waals surface area contributed by atoms with Gasteiger partial charge in [0, 0.05) is 0 Å². The molecule has 0 aromatic heterocycles. The van der Waals surface area contributed by atoms with Crippen molar-refractivity contribution in [2.75, 3.05) is 0 Å². The van der Waals surface area contributed by atoms with Gasteiger partial charge in [-0.1, -0.05) is 26.0 Å². The number of para-hydroxylation sites is 1. The van der Waals surface area contributed by atoms with E-state index in [0.29, 0.717) is 6.10 Å². The molecule has 1 aromatic carbocycles. The van der Waals surface area contributed by atoms with E-state index < -0.39 is 0 Å². The number of rotatable bonds is 2. The molecule has 2 rings (SSSR count). The summed E-state index contributed by atoms with van der Waals surface area (Å²) in [6.45, 7) is 4.65. The van der Waals surface area contributed by atoms with Crippen molar-refractivity contribution in [3.05, 3.63) is 28.7 Å². The van der Waals surface area contributed by atoms with E-state index in [1.165, 1.54) is 19.3 Å². The highest BCUT2D eigenvalue weighted by Gasteiger charge is 2.25. The van der Waals surface area contributed by atoms with Gasteiger partial charge in [0.05, 0.1) is 10.6 Å². The van der Waals surface area contributed by atoms with Crippen LogP contribution in [-0.4, -0.2) is 6.10 Å². The SMILES string of the molecule is CC1CC(C)CC(Oc2ccccc2Br)C1. The molecule has 0 bridgehead atoms. The molecule has 2 unspecified atom stereocenters. The standard InChI is InChI=1S/C14H19BrO/c1-10-7-11(2)9-12(8-10)16-14-6-4-3-5-13(14)15/h3-6,10-12H,7-9H2,1-2H3. The number of halogens is 1. The molecule has 2 heteroatoms. The van der Waals surface area contributed by atoms with Gasteiger partial charge in [0.15, 0.2) is 0 Å². The monoisotopic (exact) mass is 282 g/mol. The molecule has 1 aliphatic rings. The number of hydrogen-bond donors (Lipinski definition) is 0. The minimum atomic E-state index is 0.387. The Labute approximate surface area is 106 Å². The van der Waals surface area contributed by atoms with Gasteiger partial charge in [-0.05, 0) is 59.2 Å². The van der Waals surface area contributed by atoms with Gasteiger partial charge in [-0.3, -0.25) is 0 Å².